The number of ether oxygens (including phenoxy) is 3. The number of rotatable bonds is 47. The number of esters is 3. The lowest BCUT2D eigenvalue weighted by Gasteiger charge is -2.18. The monoisotopic (exact) mass is 867 g/mol. The number of carbonyl (C=O) groups excluding carboxylic acids is 3. The molecule has 0 amide bonds. The minimum Gasteiger partial charge on any atom is -0.462 e. The molecule has 0 saturated carbocycles. The summed E-state index contributed by atoms with van der Waals surface area (Å²) in [5, 5.41) is 0. The van der Waals surface area contributed by atoms with Gasteiger partial charge in [-0.2, -0.15) is 0 Å². The van der Waals surface area contributed by atoms with Gasteiger partial charge in [0, 0.05) is 19.3 Å². The summed E-state index contributed by atoms with van der Waals surface area (Å²) in [6, 6.07) is 0. The predicted octanol–water partition coefficient (Wildman–Crippen LogP) is 17.3. The Hall–Kier alpha value is -2.89. The van der Waals surface area contributed by atoms with Crippen LogP contribution in [-0.4, -0.2) is 37.2 Å². The number of hydrogen-bond donors (Lipinski definition) is 0. The number of carbonyl (C=O) groups is 3. The summed E-state index contributed by atoms with van der Waals surface area (Å²) in [6.45, 7) is 6.53. The Morgan fingerprint density at radius 2 is 0.597 bits per heavy atom. The minimum atomic E-state index is -0.785. The average Bonchev–Trinajstić information content (AvgIpc) is 3.27. The predicted molar refractivity (Wildman–Crippen MR) is 265 cm³/mol. The van der Waals surface area contributed by atoms with Gasteiger partial charge in [0.15, 0.2) is 6.10 Å². The largest absolute Gasteiger partial charge is 0.462 e. The van der Waals surface area contributed by atoms with Gasteiger partial charge in [0.1, 0.15) is 13.2 Å². The maximum absolute atomic E-state index is 12.8. The highest BCUT2D eigenvalue weighted by atomic mass is 16.6. The van der Waals surface area contributed by atoms with Crippen molar-refractivity contribution in [3.63, 3.8) is 0 Å². The lowest BCUT2D eigenvalue weighted by molar-refractivity contribution is -0.167. The van der Waals surface area contributed by atoms with E-state index in [2.05, 4.69) is 81.5 Å². The molecule has 0 spiro atoms. The molecule has 0 bridgehead atoms. The second-order valence-corrected chi connectivity index (χ2v) is 17.4. The molecule has 0 N–H and O–H groups in total. The van der Waals surface area contributed by atoms with Crippen molar-refractivity contribution < 1.29 is 28.6 Å². The van der Waals surface area contributed by atoms with Gasteiger partial charge in [-0.15, -0.1) is 0 Å². The maximum atomic E-state index is 12.8. The quantitative estimate of drug-likeness (QED) is 0.0262. The normalized spacial score (nSPS) is 12.5. The van der Waals surface area contributed by atoms with Gasteiger partial charge < -0.3 is 14.2 Å². The van der Waals surface area contributed by atoms with Crippen LogP contribution in [0.5, 0.6) is 0 Å². The van der Waals surface area contributed by atoms with E-state index in [0.29, 0.717) is 19.3 Å². The van der Waals surface area contributed by atoms with Crippen LogP contribution in [0.15, 0.2) is 60.8 Å². The van der Waals surface area contributed by atoms with Gasteiger partial charge in [0.25, 0.3) is 0 Å². The Morgan fingerprint density at radius 1 is 0.323 bits per heavy atom. The first-order valence-electron chi connectivity index (χ1n) is 26.3. The third kappa shape index (κ3) is 48.1. The molecule has 0 aliphatic carbocycles. The molecular weight excluding hydrogens is 769 g/mol. The highest BCUT2D eigenvalue weighted by Crippen LogP contribution is 2.14. The van der Waals surface area contributed by atoms with E-state index in [4.69, 9.17) is 14.2 Å². The van der Waals surface area contributed by atoms with Crippen molar-refractivity contribution in [2.75, 3.05) is 13.2 Å². The molecule has 62 heavy (non-hydrogen) atoms. The lowest BCUT2D eigenvalue weighted by atomic mass is 10.1. The number of hydrogen-bond acceptors (Lipinski definition) is 6. The fraction of sp³-hybridized carbons (Fsp3) is 0.768. The van der Waals surface area contributed by atoms with Crippen LogP contribution in [0.3, 0.4) is 0 Å². The van der Waals surface area contributed by atoms with Crippen LogP contribution in [0.25, 0.3) is 0 Å². The van der Waals surface area contributed by atoms with Gasteiger partial charge in [-0.25, -0.2) is 0 Å². The van der Waals surface area contributed by atoms with E-state index in [9.17, 15) is 14.4 Å². The molecule has 0 rings (SSSR count). The van der Waals surface area contributed by atoms with Crippen LogP contribution in [0.2, 0.25) is 0 Å². The summed E-state index contributed by atoms with van der Waals surface area (Å²) in [5.74, 6) is -0.910. The van der Waals surface area contributed by atoms with E-state index >= 15 is 0 Å². The lowest BCUT2D eigenvalue weighted by Crippen LogP contribution is -2.30. The van der Waals surface area contributed by atoms with E-state index in [-0.39, 0.29) is 31.1 Å². The van der Waals surface area contributed by atoms with Crippen molar-refractivity contribution in [3.8, 4) is 0 Å². The van der Waals surface area contributed by atoms with Crippen LogP contribution in [0.1, 0.15) is 258 Å². The maximum Gasteiger partial charge on any atom is 0.306 e. The smallest absolute Gasteiger partial charge is 0.306 e. The van der Waals surface area contributed by atoms with Gasteiger partial charge in [0.05, 0.1) is 0 Å². The molecule has 6 heteroatoms. The summed E-state index contributed by atoms with van der Waals surface area (Å²) < 4.78 is 16.8. The minimum absolute atomic E-state index is 0.0851. The van der Waals surface area contributed by atoms with Crippen molar-refractivity contribution in [3.05, 3.63) is 60.8 Å². The van der Waals surface area contributed by atoms with Crippen LogP contribution in [0, 0.1) is 0 Å². The summed E-state index contributed by atoms with van der Waals surface area (Å²) in [4.78, 5) is 37.9. The Kier molecular flexibility index (Phi) is 48.4. The van der Waals surface area contributed by atoms with E-state index in [1.807, 2.05) is 0 Å². The van der Waals surface area contributed by atoms with Gasteiger partial charge in [-0.1, -0.05) is 197 Å². The van der Waals surface area contributed by atoms with Crippen LogP contribution in [-0.2, 0) is 28.6 Å². The number of unbranched alkanes of at least 4 members (excludes halogenated alkanes) is 26. The Labute approximate surface area is 383 Å². The molecule has 0 fully saturated rings. The molecule has 0 saturated heterocycles. The van der Waals surface area contributed by atoms with Gasteiger partial charge >= 0.3 is 17.9 Å². The Morgan fingerprint density at radius 3 is 0.952 bits per heavy atom. The molecule has 0 aromatic rings. The van der Waals surface area contributed by atoms with E-state index in [0.717, 1.165) is 103 Å². The highest BCUT2D eigenvalue weighted by Gasteiger charge is 2.19. The molecule has 0 aliphatic rings. The summed E-state index contributed by atoms with van der Waals surface area (Å²) in [7, 11) is 0. The van der Waals surface area contributed by atoms with Crippen molar-refractivity contribution in [2.45, 2.75) is 264 Å². The Balaban J connectivity index is 4.37. The molecule has 1 unspecified atom stereocenters. The first-order valence-corrected chi connectivity index (χ1v) is 26.3. The molecule has 0 heterocycles. The van der Waals surface area contributed by atoms with E-state index in [1.165, 1.54) is 116 Å². The second kappa shape index (κ2) is 50.8. The molecule has 0 radical (unpaired) electrons. The standard InChI is InChI=1S/C56H98O6/c1-4-7-10-13-16-19-22-24-26-28-30-32-34-37-40-43-46-49-55(58)61-52-53(51-60-54(57)48-45-42-39-36-21-18-15-12-9-6-3)62-56(59)50-47-44-41-38-35-33-31-29-27-25-23-20-17-14-11-8-5-2/h15-20,24-27,53H,4-14,21-23,28-52H2,1-3H3/b18-15-,19-16-,20-17-,26-24-,27-25-. The summed E-state index contributed by atoms with van der Waals surface area (Å²) >= 11 is 0. The first-order chi connectivity index (χ1) is 30.5. The highest BCUT2D eigenvalue weighted by molar-refractivity contribution is 5.71. The van der Waals surface area contributed by atoms with Crippen LogP contribution in [0.4, 0.5) is 0 Å². The Bertz CT molecular complexity index is 1130. The zero-order chi connectivity index (χ0) is 45.1. The molecule has 0 aromatic carbocycles. The third-order valence-electron chi connectivity index (χ3n) is 11.2. The van der Waals surface area contributed by atoms with Crippen LogP contribution >= 0.6 is 0 Å². The molecule has 1 atom stereocenters. The average molecular weight is 867 g/mol. The fourth-order valence-electron chi connectivity index (χ4n) is 7.19. The molecule has 0 aromatic heterocycles. The van der Waals surface area contributed by atoms with Crippen molar-refractivity contribution in [2.24, 2.45) is 0 Å². The van der Waals surface area contributed by atoms with E-state index in [1.54, 1.807) is 0 Å². The first kappa shape index (κ1) is 59.1. The van der Waals surface area contributed by atoms with Gasteiger partial charge in [-0.3, -0.25) is 14.4 Å². The fourth-order valence-corrected chi connectivity index (χ4v) is 7.19. The number of allylic oxidation sites excluding steroid dienone is 10. The summed E-state index contributed by atoms with van der Waals surface area (Å²) in [5.41, 5.74) is 0. The molecule has 358 valence electrons. The third-order valence-corrected chi connectivity index (χ3v) is 11.2. The zero-order valence-corrected chi connectivity index (χ0v) is 40.9. The van der Waals surface area contributed by atoms with Gasteiger partial charge in [-0.05, 0) is 103 Å². The van der Waals surface area contributed by atoms with Crippen molar-refractivity contribution in [1.29, 1.82) is 0 Å². The zero-order valence-electron chi connectivity index (χ0n) is 40.9. The molecule has 6 nitrogen and oxygen atoms in total. The van der Waals surface area contributed by atoms with Crippen LogP contribution < -0.4 is 0 Å². The SMILES string of the molecule is CCCC/C=C\CCCCCCC(=O)OCC(COC(=O)CCCCCCCCC/C=C\C/C=C\CCCCC)OC(=O)CCCCCCCCC/C=C\C/C=C\CCCCC. The molecule has 0 aliphatic heterocycles. The van der Waals surface area contributed by atoms with Crippen molar-refractivity contribution >= 4 is 17.9 Å². The van der Waals surface area contributed by atoms with Crippen molar-refractivity contribution in [1.82, 2.24) is 0 Å². The second-order valence-electron chi connectivity index (χ2n) is 17.4. The summed E-state index contributed by atoms with van der Waals surface area (Å²) in [6.07, 6.45) is 62.0. The topological polar surface area (TPSA) is 78.9 Å². The van der Waals surface area contributed by atoms with E-state index < -0.39 is 6.10 Å². The van der Waals surface area contributed by atoms with Gasteiger partial charge in [0.2, 0.25) is 0 Å². The molecular formula is C56H98O6.